The van der Waals surface area contributed by atoms with Crippen molar-refractivity contribution >= 4 is 11.8 Å². The number of hydrogen-bond acceptors (Lipinski definition) is 2. The molecule has 0 aromatic heterocycles. The molecule has 0 radical (unpaired) electrons. The standard InChI is InChI=1S/C14H18N2O2/c1-11(17)15-13(12-6-3-2-4-7-12)10-16-9-5-8-14(16)18/h2-4,6-7,13H,5,8-10H2,1H3,(H,15,17)/t13-/m0/s1. The first-order chi connectivity index (χ1) is 8.66. The number of carbonyl (C=O) groups excluding carboxylic acids is 2. The van der Waals surface area contributed by atoms with E-state index in [0.717, 1.165) is 18.5 Å². The van der Waals surface area contributed by atoms with Gasteiger partial charge in [0, 0.05) is 26.4 Å². The van der Waals surface area contributed by atoms with Gasteiger partial charge in [0.1, 0.15) is 0 Å². The maximum atomic E-state index is 11.6. The van der Waals surface area contributed by atoms with Crippen molar-refractivity contribution in [2.45, 2.75) is 25.8 Å². The fraction of sp³-hybridized carbons (Fsp3) is 0.429. The smallest absolute Gasteiger partial charge is 0.222 e. The Bertz CT molecular complexity index is 431. The van der Waals surface area contributed by atoms with Gasteiger partial charge in [0.25, 0.3) is 0 Å². The Labute approximate surface area is 107 Å². The number of likely N-dealkylation sites (tertiary alicyclic amines) is 1. The summed E-state index contributed by atoms with van der Waals surface area (Å²) < 4.78 is 0. The summed E-state index contributed by atoms with van der Waals surface area (Å²) in [5.74, 6) is 0.108. The summed E-state index contributed by atoms with van der Waals surface area (Å²) >= 11 is 0. The zero-order chi connectivity index (χ0) is 13.0. The molecule has 1 N–H and O–H groups in total. The molecule has 96 valence electrons. The largest absolute Gasteiger partial charge is 0.348 e. The molecule has 0 saturated carbocycles. The number of carbonyl (C=O) groups is 2. The van der Waals surface area contributed by atoms with Gasteiger partial charge in [0.15, 0.2) is 0 Å². The Hall–Kier alpha value is -1.84. The van der Waals surface area contributed by atoms with Crippen LogP contribution in [0, 0.1) is 0 Å². The predicted molar refractivity (Wildman–Crippen MR) is 68.8 cm³/mol. The van der Waals surface area contributed by atoms with E-state index in [0.29, 0.717) is 13.0 Å². The van der Waals surface area contributed by atoms with E-state index in [1.165, 1.54) is 6.92 Å². The van der Waals surface area contributed by atoms with Crippen LogP contribution in [-0.4, -0.2) is 29.8 Å². The van der Waals surface area contributed by atoms with Gasteiger partial charge in [-0.3, -0.25) is 9.59 Å². The monoisotopic (exact) mass is 246 g/mol. The third kappa shape index (κ3) is 3.09. The predicted octanol–water partition coefficient (Wildman–Crippen LogP) is 1.49. The highest BCUT2D eigenvalue weighted by molar-refractivity contribution is 5.78. The van der Waals surface area contributed by atoms with Crippen LogP contribution in [0.5, 0.6) is 0 Å². The van der Waals surface area contributed by atoms with E-state index in [9.17, 15) is 9.59 Å². The SMILES string of the molecule is CC(=O)N[C@@H](CN1CCCC1=O)c1ccccc1. The van der Waals surface area contributed by atoms with Crippen LogP contribution in [0.3, 0.4) is 0 Å². The molecule has 0 unspecified atom stereocenters. The van der Waals surface area contributed by atoms with Crippen LogP contribution in [0.2, 0.25) is 0 Å². The molecule has 1 saturated heterocycles. The summed E-state index contributed by atoms with van der Waals surface area (Å²) in [5, 5.41) is 2.91. The highest BCUT2D eigenvalue weighted by atomic mass is 16.2. The van der Waals surface area contributed by atoms with Crippen molar-refractivity contribution in [3.63, 3.8) is 0 Å². The number of benzene rings is 1. The van der Waals surface area contributed by atoms with Crippen LogP contribution in [0.25, 0.3) is 0 Å². The summed E-state index contributed by atoms with van der Waals surface area (Å²) in [4.78, 5) is 24.7. The second-order valence-electron chi connectivity index (χ2n) is 4.61. The number of amides is 2. The van der Waals surface area contributed by atoms with Crippen molar-refractivity contribution < 1.29 is 9.59 Å². The fourth-order valence-corrected chi connectivity index (χ4v) is 2.28. The summed E-state index contributed by atoms with van der Waals surface area (Å²) in [7, 11) is 0. The molecule has 1 atom stereocenters. The van der Waals surface area contributed by atoms with E-state index in [2.05, 4.69) is 5.32 Å². The fourth-order valence-electron chi connectivity index (χ4n) is 2.28. The molecule has 1 fully saturated rings. The van der Waals surface area contributed by atoms with Crippen LogP contribution in [0.15, 0.2) is 30.3 Å². The average Bonchev–Trinajstić information content (AvgIpc) is 2.75. The Morgan fingerprint density at radius 2 is 2.11 bits per heavy atom. The maximum absolute atomic E-state index is 11.6. The van der Waals surface area contributed by atoms with Crippen molar-refractivity contribution in [3.8, 4) is 0 Å². The van der Waals surface area contributed by atoms with E-state index in [-0.39, 0.29) is 17.9 Å². The molecule has 0 spiro atoms. The minimum atomic E-state index is -0.120. The van der Waals surface area contributed by atoms with Crippen LogP contribution in [-0.2, 0) is 9.59 Å². The maximum Gasteiger partial charge on any atom is 0.222 e. The van der Waals surface area contributed by atoms with Gasteiger partial charge < -0.3 is 10.2 Å². The minimum Gasteiger partial charge on any atom is -0.348 e. The van der Waals surface area contributed by atoms with Crippen LogP contribution >= 0.6 is 0 Å². The molecule has 2 rings (SSSR count). The second-order valence-corrected chi connectivity index (χ2v) is 4.61. The molecule has 4 nitrogen and oxygen atoms in total. The zero-order valence-corrected chi connectivity index (χ0v) is 10.6. The number of nitrogens with one attached hydrogen (secondary N) is 1. The van der Waals surface area contributed by atoms with Gasteiger partial charge in [-0.15, -0.1) is 0 Å². The number of hydrogen-bond donors (Lipinski definition) is 1. The molecule has 1 heterocycles. The van der Waals surface area contributed by atoms with Crippen molar-refractivity contribution in [3.05, 3.63) is 35.9 Å². The molecule has 1 aromatic rings. The van der Waals surface area contributed by atoms with Gasteiger partial charge in [-0.1, -0.05) is 30.3 Å². The highest BCUT2D eigenvalue weighted by Crippen LogP contribution is 2.18. The Morgan fingerprint density at radius 1 is 1.39 bits per heavy atom. The van der Waals surface area contributed by atoms with Crippen molar-refractivity contribution in [1.29, 1.82) is 0 Å². The molecule has 0 aliphatic carbocycles. The van der Waals surface area contributed by atoms with Gasteiger partial charge in [0.2, 0.25) is 11.8 Å². The van der Waals surface area contributed by atoms with Crippen molar-refractivity contribution in [1.82, 2.24) is 10.2 Å². The molecule has 2 amide bonds. The molecular formula is C14H18N2O2. The van der Waals surface area contributed by atoms with Crippen molar-refractivity contribution in [2.75, 3.05) is 13.1 Å². The summed E-state index contributed by atoms with van der Waals surface area (Å²) in [5.41, 5.74) is 1.03. The van der Waals surface area contributed by atoms with E-state index in [1.54, 1.807) is 0 Å². The van der Waals surface area contributed by atoms with Crippen LogP contribution in [0.1, 0.15) is 31.4 Å². The Morgan fingerprint density at radius 3 is 2.67 bits per heavy atom. The lowest BCUT2D eigenvalue weighted by Crippen LogP contribution is -2.37. The lowest BCUT2D eigenvalue weighted by molar-refractivity contribution is -0.128. The second kappa shape index (κ2) is 5.67. The normalized spacial score (nSPS) is 16.7. The topological polar surface area (TPSA) is 49.4 Å². The number of nitrogens with zero attached hydrogens (tertiary/aromatic N) is 1. The molecular weight excluding hydrogens is 228 g/mol. The third-order valence-electron chi connectivity index (χ3n) is 3.15. The van der Waals surface area contributed by atoms with Crippen molar-refractivity contribution in [2.24, 2.45) is 0 Å². The Balaban J connectivity index is 2.10. The first kappa shape index (κ1) is 12.6. The molecule has 1 aliphatic heterocycles. The minimum absolute atomic E-state index is 0.0736. The molecule has 0 bridgehead atoms. The van der Waals surface area contributed by atoms with Gasteiger partial charge in [-0.05, 0) is 12.0 Å². The lowest BCUT2D eigenvalue weighted by Gasteiger charge is -2.24. The quantitative estimate of drug-likeness (QED) is 0.875. The van der Waals surface area contributed by atoms with Crippen LogP contribution < -0.4 is 5.32 Å². The van der Waals surface area contributed by atoms with E-state index in [4.69, 9.17) is 0 Å². The third-order valence-corrected chi connectivity index (χ3v) is 3.15. The molecule has 4 heteroatoms. The first-order valence-electron chi connectivity index (χ1n) is 6.26. The van der Waals surface area contributed by atoms with Gasteiger partial charge >= 0.3 is 0 Å². The summed E-state index contributed by atoms with van der Waals surface area (Å²) in [6.07, 6.45) is 1.54. The molecule has 18 heavy (non-hydrogen) atoms. The lowest BCUT2D eigenvalue weighted by atomic mass is 10.1. The molecule has 1 aromatic carbocycles. The van der Waals surface area contributed by atoms with E-state index >= 15 is 0 Å². The summed E-state index contributed by atoms with van der Waals surface area (Å²) in [6.45, 7) is 2.85. The summed E-state index contributed by atoms with van der Waals surface area (Å²) in [6, 6.07) is 9.65. The molecule has 1 aliphatic rings. The number of rotatable bonds is 4. The van der Waals surface area contributed by atoms with Gasteiger partial charge in [-0.2, -0.15) is 0 Å². The zero-order valence-electron chi connectivity index (χ0n) is 10.6. The van der Waals surface area contributed by atoms with E-state index < -0.39 is 0 Å². The van der Waals surface area contributed by atoms with Gasteiger partial charge in [-0.25, -0.2) is 0 Å². The van der Waals surface area contributed by atoms with Crippen LogP contribution in [0.4, 0.5) is 0 Å². The highest BCUT2D eigenvalue weighted by Gasteiger charge is 2.24. The first-order valence-corrected chi connectivity index (χ1v) is 6.26. The average molecular weight is 246 g/mol. The van der Waals surface area contributed by atoms with E-state index in [1.807, 2.05) is 35.2 Å². The Kier molecular flexibility index (Phi) is 3.97. The van der Waals surface area contributed by atoms with Gasteiger partial charge in [0.05, 0.1) is 6.04 Å².